The van der Waals surface area contributed by atoms with Crippen molar-refractivity contribution in [2.75, 3.05) is 39.8 Å². The fourth-order valence-electron chi connectivity index (χ4n) is 3.06. The lowest BCUT2D eigenvalue weighted by molar-refractivity contribution is -0.151. The van der Waals surface area contributed by atoms with Gasteiger partial charge in [-0.25, -0.2) is 4.99 Å². The fraction of sp³-hybridized carbons (Fsp3) is 0.562. The number of piperazine rings is 1. The summed E-state index contributed by atoms with van der Waals surface area (Å²) in [7, 11) is 1.26. The third kappa shape index (κ3) is 3.14. The molecular weight excluding hydrogens is 312 g/mol. The van der Waals surface area contributed by atoms with Gasteiger partial charge in [0.25, 0.3) is 0 Å². The van der Waals surface area contributed by atoms with Crippen molar-refractivity contribution in [3.63, 3.8) is 0 Å². The van der Waals surface area contributed by atoms with E-state index in [4.69, 9.17) is 9.15 Å². The van der Waals surface area contributed by atoms with Crippen LogP contribution in [0.4, 0.5) is 0 Å². The van der Waals surface area contributed by atoms with E-state index < -0.39 is 23.8 Å². The maximum absolute atomic E-state index is 12.5. The number of hydrogen-bond donors (Lipinski definition) is 1. The van der Waals surface area contributed by atoms with Gasteiger partial charge in [-0.15, -0.1) is 0 Å². The molecule has 0 saturated carbocycles. The number of amides is 1. The lowest BCUT2D eigenvalue weighted by Gasteiger charge is -2.38. The molecule has 0 aliphatic carbocycles. The number of nitrogens with one attached hydrogen (secondary N) is 1. The van der Waals surface area contributed by atoms with Gasteiger partial charge in [-0.1, -0.05) is 6.92 Å². The molecule has 1 saturated heterocycles. The third-order valence-corrected chi connectivity index (χ3v) is 4.50. The molecule has 8 nitrogen and oxygen atoms in total. The van der Waals surface area contributed by atoms with E-state index in [2.05, 4.69) is 22.1 Å². The highest BCUT2D eigenvalue weighted by atomic mass is 16.5. The van der Waals surface area contributed by atoms with Gasteiger partial charge in [0.05, 0.1) is 13.4 Å². The summed E-state index contributed by atoms with van der Waals surface area (Å²) in [6, 6.07) is 2.72. The molecule has 2 aliphatic heterocycles. The first-order chi connectivity index (χ1) is 11.6. The van der Waals surface area contributed by atoms with Gasteiger partial charge in [0.1, 0.15) is 11.8 Å². The van der Waals surface area contributed by atoms with Gasteiger partial charge in [-0.2, -0.15) is 0 Å². The van der Waals surface area contributed by atoms with Crippen molar-refractivity contribution in [3.8, 4) is 0 Å². The van der Waals surface area contributed by atoms with Crippen molar-refractivity contribution < 1.29 is 18.7 Å². The quantitative estimate of drug-likeness (QED) is 0.629. The summed E-state index contributed by atoms with van der Waals surface area (Å²) in [5.41, 5.74) is 0. The zero-order chi connectivity index (χ0) is 17.1. The first-order valence-corrected chi connectivity index (χ1v) is 8.11. The minimum Gasteiger partial charge on any atom is -0.468 e. The number of carbonyl (C=O) groups is 2. The predicted octanol–water partition coefficient (Wildman–Crippen LogP) is 0.233. The summed E-state index contributed by atoms with van der Waals surface area (Å²) in [5, 5.41) is 2.75. The number of guanidine groups is 1. The number of hydrogen-bond acceptors (Lipinski definition) is 7. The number of carbonyl (C=O) groups excluding carboxylic acids is 2. The largest absolute Gasteiger partial charge is 0.468 e. The highest BCUT2D eigenvalue weighted by molar-refractivity contribution is 6.08. The molecule has 0 spiro atoms. The maximum atomic E-state index is 12.5. The lowest BCUT2D eigenvalue weighted by atomic mass is 9.95. The zero-order valence-electron chi connectivity index (χ0n) is 13.9. The molecule has 130 valence electrons. The molecule has 1 N–H and O–H groups in total. The van der Waals surface area contributed by atoms with Crippen molar-refractivity contribution in [1.29, 1.82) is 0 Å². The second kappa shape index (κ2) is 7.04. The predicted molar refractivity (Wildman–Crippen MR) is 86.2 cm³/mol. The summed E-state index contributed by atoms with van der Waals surface area (Å²) in [4.78, 5) is 33.5. The van der Waals surface area contributed by atoms with Gasteiger partial charge < -0.3 is 19.0 Å². The molecule has 0 unspecified atom stereocenters. The smallest absolute Gasteiger partial charge is 0.320 e. The molecule has 1 aromatic heterocycles. The van der Waals surface area contributed by atoms with Crippen LogP contribution in [0.5, 0.6) is 0 Å². The number of methoxy groups -OCH3 is 1. The highest BCUT2D eigenvalue weighted by Crippen LogP contribution is 2.31. The van der Waals surface area contributed by atoms with E-state index >= 15 is 0 Å². The molecule has 1 fully saturated rings. The summed E-state index contributed by atoms with van der Waals surface area (Å²) in [5.74, 6) is -1.09. The Kier molecular flexibility index (Phi) is 4.84. The molecule has 0 radical (unpaired) electrons. The van der Waals surface area contributed by atoms with E-state index in [0.717, 1.165) is 32.7 Å². The number of ether oxygens (including phenoxy) is 1. The average Bonchev–Trinajstić information content (AvgIpc) is 3.15. The van der Waals surface area contributed by atoms with Crippen LogP contribution in [0.15, 0.2) is 27.8 Å². The van der Waals surface area contributed by atoms with Crippen LogP contribution in [0.25, 0.3) is 0 Å². The molecule has 2 aliphatic rings. The Balaban J connectivity index is 1.86. The lowest BCUT2D eigenvalue weighted by Crippen LogP contribution is -2.57. The van der Waals surface area contributed by atoms with Crippen LogP contribution >= 0.6 is 0 Å². The summed E-state index contributed by atoms with van der Waals surface area (Å²) in [6.45, 7) is 6.52. The van der Waals surface area contributed by atoms with Crippen LogP contribution in [0.2, 0.25) is 0 Å². The molecule has 1 aromatic rings. The van der Waals surface area contributed by atoms with Crippen molar-refractivity contribution in [2.24, 2.45) is 10.9 Å². The van der Waals surface area contributed by atoms with Crippen LogP contribution < -0.4 is 5.32 Å². The normalized spacial score (nSPS) is 25.2. The number of rotatable bonds is 3. The molecule has 3 heterocycles. The first kappa shape index (κ1) is 16.5. The summed E-state index contributed by atoms with van der Waals surface area (Å²) >= 11 is 0. The molecule has 3 rings (SSSR count). The van der Waals surface area contributed by atoms with Crippen LogP contribution in [-0.2, 0) is 14.3 Å². The molecule has 8 heteroatoms. The van der Waals surface area contributed by atoms with E-state index in [-0.39, 0.29) is 0 Å². The number of esters is 1. The Labute approximate surface area is 140 Å². The van der Waals surface area contributed by atoms with Crippen LogP contribution in [0.3, 0.4) is 0 Å². The standard InChI is InChI=1S/C16H22N4O4/c1-3-19-6-8-20(9-7-19)16-17-13(11-5-4-10-24-11)12(14(21)18-16)15(22)23-2/h4-5,10,12-13H,3,6-9H2,1-2H3,(H,17,18,21)/t12-,13+/m1/s1. The van der Waals surface area contributed by atoms with Crippen LogP contribution in [-0.4, -0.2) is 67.5 Å². The third-order valence-electron chi connectivity index (χ3n) is 4.50. The Bertz CT molecular complexity index is 620. The minimum atomic E-state index is -1.04. The Morgan fingerprint density at radius 3 is 2.75 bits per heavy atom. The van der Waals surface area contributed by atoms with Gasteiger partial charge >= 0.3 is 5.97 Å². The summed E-state index contributed by atoms with van der Waals surface area (Å²) < 4.78 is 10.2. The van der Waals surface area contributed by atoms with E-state index in [1.54, 1.807) is 12.1 Å². The zero-order valence-corrected chi connectivity index (χ0v) is 13.9. The van der Waals surface area contributed by atoms with Gasteiger partial charge in [0, 0.05) is 26.2 Å². The number of furan rings is 1. The Morgan fingerprint density at radius 1 is 1.42 bits per heavy atom. The average molecular weight is 334 g/mol. The van der Waals surface area contributed by atoms with E-state index in [0.29, 0.717) is 11.7 Å². The summed E-state index contributed by atoms with van der Waals surface area (Å²) in [6.07, 6.45) is 1.51. The van der Waals surface area contributed by atoms with Crippen molar-refractivity contribution in [2.45, 2.75) is 13.0 Å². The number of aliphatic imine (C=N–C) groups is 1. The second-order valence-electron chi connectivity index (χ2n) is 5.82. The van der Waals surface area contributed by atoms with Crippen molar-refractivity contribution in [3.05, 3.63) is 24.2 Å². The molecule has 1 amide bonds. The van der Waals surface area contributed by atoms with Gasteiger partial charge in [0.15, 0.2) is 5.92 Å². The van der Waals surface area contributed by atoms with Gasteiger partial charge in [0.2, 0.25) is 11.9 Å². The van der Waals surface area contributed by atoms with E-state index in [1.165, 1.54) is 13.4 Å². The van der Waals surface area contributed by atoms with Gasteiger partial charge in [-0.3, -0.25) is 14.9 Å². The van der Waals surface area contributed by atoms with Gasteiger partial charge in [-0.05, 0) is 18.7 Å². The van der Waals surface area contributed by atoms with Crippen LogP contribution in [0, 0.1) is 5.92 Å². The number of nitrogens with zero attached hydrogens (tertiary/aromatic N) is 3. The first-order valence-electron chi connectivity index (χ1n) is 8.11. The molecule has 24 heavy (non-hydrogen) atoms. The Hall–Kier alpha value is -2.35. The SMILES string of the molecule is CCN1CCN(C2=N[C@@H](c3ccco3)[C@@H](C(=O)OC)C(=O)N2)CC1. The molecule has 0 aromatic carbocycles. The fourth-order valence-corrected chi connectivity index (χ4v) is 3.06. The monoisotopic (exact) mass is 334 g/mol. The van der Waals surface area contributed by atoms with E-state index in [9.17, 15) is 9.59 Å². The van der Waals surface area contributed by atoms with Crippen LogP contribution in [0.1, 0.15) is 18.7 Å². The molecule has 2 atom stereocenters. The van der Waals surface area contributed by atoms with E-state index in [1.807, 2.05) is 4.90 Å². The topological polar surface area (TPSA) is 87.4 Å². The minimum absolute atomic E-state index is 0.411. The highest BCUT2D eigenvalue weighted by Gasteiger charge is 2.43. The van der Waals surface area contributed by atoms with Crippen molar-refractivity contribution in [1.82, 2.24) is 15.1 Å². The van der Waals surface area contributed by atoms with Crippen molar-refractivity contribution >= 4 is 17.8 Å². The Morgan fingerprint density at radius 2 is 2.17 bits per heavy atom. The number of likely N-dealkylation sites (N-methyl/N-ethyl adjacent to an activating group) is 1. The molecule has 0 bridgehead atoms. The molecular formula is C16H22N4O4. The second-order valence-corrected chi connectivity index (χ2v) is 5.82. The maximum Gasteiger partial charge on any atom is 0.320 e.